The van der Waals surface area contributed by atoms with Crippen LogP contribution in [0.25, 0.3) is 0 Å². The Kier molecular flexibility index (Phi) is 6.82. The molecule has 1 N–H and O–H groups in total. The Morgan fingerprint density at radius 2 is 1.40 bits per heavy atom. The van der Waals surface area contributed by atoms with E-state index in [-0.39, 0.29) is 11.8 Å². The summed E-state index contributed by atoms with van der Waals surface area (Å²) in [6.45, 7) is 0. The molecule has 2 atom stereocenters. The number of likely N-dealkylation sites (N-methyl/N-ethyl adjacent to an activating group) is 1. The molecule has 3 aromatic rings. The molecule has 1 aliphatic heterocycles. The van der Waals surface area contributed by atoms with E-state index in [0.29, 0.717) is 39.8 Å². The summed E-state index contributed by atoms with van der Waals surface area (Å²) in [4.78, 5) is 28.7. The first-order valence-electron chi connectivity index (χ1n) is 11.0. The predicted molar refractivity (Wildman–Crippen MR) is 132 cm³/mol. The third-order valence-corrected chi connectivity index (χ3v) is 6.26. The first-order chi connectivity index (χ1) is 16.9. The lowest BCUT2D eigenvalue weighted by Gasteiger charge is -2.40. The van der Waals surface area contributed by atoms with Crippen molar-refractivity contribution in [3.05, 3.63) is 77.4 Å². The minimum absolute atomic E-state index is 0.157. The predicted octanol–water partition coefficient (Wildman–Crippen LogP) is 4.27. The van der Waals surface area contributed by atoms with Crippen LogP contribution in [-0.2, 0) is 4.79 Å². The van der Waals surface area contributed by atoms with Crippen LogP contribution < -0.4 is 24.3 Å². The molecule has 0 aromatic heterocycles. The van der Waals surface area contributed by atoms with Crippen LogP contribution in [0.4, 0.5) is 5.69 Å². The van der Waals surface area contributed by atoms with Crippen molar-refractivity contribution in [2.45, 2.75) is 12.0 Å². The SMILES string of the molecule is COc1ccc(NC(=O)[C@H]2c3ccccc3C(=O)N(C)[C@@H]2c2ccc(OC)c(OC)c2)cc1OC. The molecule has 0 saturated heterocycles. The van der Waals surface area contributed by atoms with Gasteiger partial charge in [0.05, 0.1) is 40.4 Å². The Labute approximate surface area is 204 Å². The monoisotopic (exact) mass is 476 g/mol. The molecule has 0 unspecified atom stereocenters. The van der Waals surface area contributed by atoms with E-state index in [1.807, 2.05) is 18.2 Å². The van der Waals surface area contributed by atoms with Crippen LogP contribution in [0.2, 0.25) is 0 Å². The molecule has 8 nitrogen and oxygen atoms in total. The molecule has 0 aliphatic carbocycles. The third kappa shape index (κ3) is 4.35. The zero-order valence-electron chi connectivity index (χ0n) is 20.3. The fourth-order valence-corrected chi connectivity index (χ4v) is 4.54. The second-order valence-corrected chi connectivity index (χ2v) is 8.10. The molecular formula is C27H28N2O6. The number of rotatable bonds is 7. The van der Waals surface area contributed by atoms with E-state index in [2.05, 4.69) is 5.32 Å². The van der Waals surface area contributed by atoms with Gasteiger partial charge in [-0.05, 0) is 41.5 Å². The number of carbonyl (C=O) groups excluding carboxylic acids is 2. The van der Waals surface area contributed by atoms with E-state index < -0.39 is 12.0 Å². The highest BCUT2D eigenvalue weighted by atomic mass is 16.5. The lowest BCUT2D eigenvalue weighted by atomic mass is 9.79. The quantitative estimate of drug-likeness (QED) is 0.548. The number of anilines is 1. The number of benzene rings is 3. The Balaban J connectivity index is 1.80. The molecule has 35 heavy (non-hydrogen) atoms. The van der Waals surface area contributed by atoms with Gasteiger partial charge in [-0.3, -0.25) is 9.59 Å². The minimum Gasteiger partial charge on any atom is -0.493 e. The molecule has 2 amide bonds. The van der Waals surface area contributed by atoms with Gasteiger partial charge in [-0.2, -0.15) is 0 Å². The normalized spacial score (nSPS) is 16.8. The highest BCUT2D eigenvalue weighted by molar-refractivity contribution is 6.04. The molecule has 0 fully saturated rings. The van der Waals surface area contributed by atoms with Gasteiger partial charge in [0.25, 0.3) is 5.91 Å². The summed E-state index contributed by atoms with van der Waals surface area (Å²) in [5.74, 6) is 1.04. The Morgan fingerprint density at radius 3 is 2.06 bits per heavy atom. The number of nitrogens with one attached hydrogen (secondary N) is 1. The lowest BCUT2D eigenvalue weighted by molar-refractivity contribution is -0.119. The summed E-state index contributed by atoms with van der Waals surface area (Å²) in [6, 6.07) is 17.2. The van der Waals surface area contributed by atoms with Crippen LogP contribution in [-0.4, -0.2) is 52.2 Å². The molecule has 1 aliphatic rings. The van der Waals surface area contributed by atoms with Crippen molar-refractivity contribution in [2.24, 2.45) is 0 Å². The second kappa shape index (κ2) is 9.97. The highest BCUT2D eigenvalue weighted by Gasteiger charge is 2.43. The standard InChI is InChI=1S/C27H28N2O6/c1-29-25(16-10-12-20(32-2)22(14-16)34-4)24(18-8-6-7-9-19(18)27(29)31)26(30)28-17-11-13-21(33-3)23(15-17)35-5/h6-15,24-25H,1-5H3,(H,28,30)/t24-,25+/m0/s1. The first kappa shape index (κ1) is 23.9. The van der Waals surface area contributed by atoms with Gasteiger partial charge in [0, 0.05) is 24.4 Å². The minimum atomic E-state index is -0.680. The van der Waals surface area contributed by atoms with Gasteiger partial charge in [0.15, 0.2) is 23.0 Å². The molecule has 0 radical (unpaired) electrons. The molecule has 182 valence electrons. The average Bonchev–Trinajstić information content (AvgIpc) is 2.89. The van der Waals surface area contributed by atoms with Crippen molar-refractivity contribution in [1.82, 2.24) is 4.90 Å². The van der Waals surface area contributed by atoms with Gasteiger partial charge in [-0.1, -0.05) is 24.3 Å². The van der Waals surface area contributed by atoms with Crippen molar-refractivity contribution < 1.29 is 28.5 Å². The number of methoxy groups -OCH3 is 4. The van der Waals surface area contributed by atoms with Gasteiger partial charge in [-0.25, -0.2) is 0 Å². The third-order valence-electron chi connectivity index (χ3n) is 6.26. The number of nitrogens with zero attached hydrogens (tertiary/aromatic N) is 1. The summed E-state index contributed by atoms with van der Waals surface area (Å²) in [7, 11) is 7.90. The fourth-order valence-electron chi connectivity index (χ4n) is 4.54. The van der Waals surface area contributed by atoms with Crippen molar-refractivity contribution in [3.63, 3.8) is 0 Å². The maximum atomic E-state index is 13.8. The Morgan fingerprint density at radius 1 is 0.800 bits per heavy atom. The van der Waals surface area contributed by atoms with Crippen LogP contribution in [0.3, 0.4) is 0 Å². The Hall–Kier alpha value is -4.20. The van der Waals surface area contributed by atoms with Gasteiger partial charge in [-0.15, -0.1) is 0 Å². The number of hydrogen-bond acceptors (Lipinski definition) is 6. The van der Waals surface area contributed by atoms with Gasteiger partial charge in [0.2, 0.25) is 5.91 Å². The Bertz CT molecular complexity index is 1260. The number of amides is 2. The van der Waals surface area contributed by atoms with E-state index in [4.69, 9.17) is 18.9 Å². The van der Waals surface area contributed by atoms with Crippen molar-refractivity contribution >= 4 is 17.5 Å². The fraction of sp³-hybridized carbons (Fsp3) is 0.259. The highest BCUT2D eigenvalue weighted by Crippen LogP contribution is 2.44. The number of hydrogen-bond donors (Lipinski definition) is 1. The molecular weight excluding hydrogens is 448 g/mol. The van der Waals surface area contributed by atoms with Gasteiger partial charge >= 0.3 is 0 Å². The molecule has 0 saturated carbocycles. The molecule has 3 aromatic carbocycles. The largest absolute Gasteiger partial charge is 0.493 e. The van der Waals surface area contributed by atoms with Crippen molar-refractivity contribution in [1.29, 1.82) is 0 Å². The van der Waals surface area contributed by atoms with E-state index >= 15 is 0 Å². The number of carbonyl (C=O) groups is 2. The summed E-state index contributed by atoms with van der Waals surface area (Å²) < 4.78 is 21.5. The summed E-state index contributed by atoms with van der Waals surface area (Å²) in [6.07, 6.45) is 0. The van der Waals surface area contributed by atoms with Crippen LogP contribution >= 0.6 is 0 Å². The van der Waals surface area contributed by atoms with Gasteiger partial charge in [0.1, 0.15) is 0 Å². The first-order valence-corrected chi connectivity index (χ1v) is 11.0. The summed E-state index contributed by atoms with van der Waals surface area (Å²) in [5, 5.41) is 3.00. The lowest BCUT2D eigenvalue weighted by Crippen LogP contribution is -2.44. The van der Waals surface area contributed by atoms with Crippen LogP contribution in [0.15, 0.2) is 60.7 Å². The van der Waals surface area contributed by atoms with Crippen molar-refractivity contribution in [2.75, 3.05) is 40.8 Å². The van der Waals surface area contributed by atoms with E-state index in [1.165, 1.54) is 7.11 Å². The second-order valence-electron chi connectivity index (χ2n) is 8.10. The van der Waals surface area contributed by atoms with E-state index in [0.717, 1.165) is 5.56 Å². The summed E-state index contributed by atoms with van der Waals surface area (Å²) >= 11 is 0. The topological polar surface area (TPSA) is 86.3 Å². The number of ether oxygens (including phenoxy) is 4. The smallest absolute Gasteiger partial charge is 0.254 e. The maximum Gasteiger partial charge on any atom is 0.254 e. The van der Waals surface area contributed by atoms with Crippen LogP contribution in [0, 0.1) is 0 Å². The van der Waals surface area contributed by atoms with Crippen LogP contribution in [0.1, 0.15) is 33.4 Å². The summed E-state index contributed by atoms with van der Waals surface area (Å²) in [5.41, 5.74) is 2.46. The van der Waals surface area contributed by atoms with Gasteiger partial charge < -0.3 is 29.2 Å². The molecule has 1 heterocycles. The molecule has 0 spiro atoms. The van der Waals surface area contributed by atoms with E-state index in [9.17, 15) is 9.59 Å². The van der Waals surface area contributed by atoms with E-state index in [1.54, 1.807) is 75.7 Å². The zero-order chi connectivity index (χ0) is 25.1. The van der Waals surface area contributed by atoms with Crippen LogP contribution in [0.5, 0.6) is 23.0 Å². The molecule has 0 bridgehead atoms. The maximum absolute atomic E-state index is 13.8. The molecule has 4 rings (SSSR count). The number of fused-ring (bicyclic) bond motifs is 1. The zero-order valence-corrected chi connectivity index (χ0v) is 20.3. The van der Waals surface area contributed by atoms with Crippen molar-refractivity contribution in [3.8, 4) is 23.0 Å². The molecule has 8 heteroatoms. The average molecular weight is 477 g/mol.